The lowest BCUT2D eigenvalue weighted by atomic mass is 10.0. The van der Waals surface area contributed by atoms with E-state index in [0.717, 1.165) is 12.0 Å². The third kappa shape index (κ3) is 3.44. The lowest BCUT2D eigenvalue weighted by molar-refractivity contribution is 0.467. The quantitative estimate of drug-likeness (QED) is 0.661. The summed E-state index contributed by atoms with van der Waals surface area (Å²) in [6, 6.07) is 29.3. The SMILES string of the molecule is C[Si](C)(c1ccccc1)C(Cc1ccccc1O)c1ccccc1. The van der Waals surface area contributed by atoms with Crippen molar-refractivity contribution in [1.82, 2.24) is 0 Å². The normalized spacial score (nSPS) is 12.8. The Balaban J connectivity index is 2.04. The van der Waals surface area contributed by atoms with E-state index in [4.69, 9.17) is 0 Å². The van der Waals surface area contributed by atoms with Gasteiger partial charge < -0.3 is 5.11 Å². The van der Waals surface area contributed by atoms with Gasteiger partial charge in [0.15, 0.2) is 0 Å². The molecule has 0 aromatic heterocycles. The summed E-state index contributed by atoms with van der Waals surface area (Å²) in [6.45, 7) is 4.86. The summed E-state index contributed by atoms with van der Waals surface area (Å²) in [5.41, 5.74) is 2.80. The van der Waals surface area contributed by atoms with Gasteiger partial charge in [0.2, 0.25) is 0 Å². The summed E-state index contributed by atoms with van der Waals surface area (Å²) >= 11 is 0. The van der Waals surface area contributed by atoms with Crippen LogP contribution in [0.3, 0.4) is 0 Å². The van der Waals surface area contributed by atoms with Gasteiger partial charge in [0.1, 0.15) is 5.75 Å². The fourth-order valence-corrected chi connectivity index (χ4v) is 6.66. The van der Waals surface area contributed by atoms with E-state index in [0.29, 0.717) is 11.3 Å². The third-order valence-electron chi connectivity index (χ3n) is 5.01. The van der Waals surface area contributed by atoms with E-state index in [2.05, 4.69) is 73.8 Å². The van der Waals surface area contributed by atoms with E-state index in [9.17, 15) is 5.11 Å². The maximum Gasteiger partial charge on any atom is 0.118 e. The molecule has 0 bridgehead atoms. The number of rotatable bonds is 5. The molecular weight excluding hydrogens is 308 g/mol. The summed E-state index contributed by atoms with van der Waals surface area (Å²) < 4.78 is 0. The first-order valence-electron chi connectivity index (χ1n) is 8.46. The minimum absolute atomic E-state index is 0.399. The second-order valence-corrected chi connectivity index (χ2v) is 11.6. The van der Waals surface area contributed by atoms with Gasteiger partial charge in [-0.3, -0.25) is 0 Å². The zero-order valence-electron chi connectivity index (χ0n) is 14.3. The number of benzene rings is 3. The molecule has 0 aliphatic rings. The van der Waals surface area contributed by atoms with Crippen LogP contribution < -0.4 is 5.19 Å². The lowest BCUT2D eigenvalue weighted by Crippen LogP contribution is -2.48. The van der Waals surface area contributed by atoms with Gasteiger partial charge in [-0.25, -0.2) is 0 Å². The van der Waals surface area contributed by atoms with Gasteiger partial charge in [0, 0.05) is 0 Å². The minimum Gasteiger partial charge on any atom is -0.508 e. The van der Waals surface area contributed by atoms with Crippen LogP contribution in [0.5, 0.6) is 5.75 Å². The van der Waals surface area contributed by atoms with Gasteiger partial charge in [0.05, 0.1) is 8.07 Å². The van der Waals surface area contributed by atoms with Crippen molar-refractivity contribution in [2.75, 3.05) is 0 Å². The summed E-state index contributed by atoms with van der Waals surface area (Å²) in [4.78, 5) is 0. The molecule has 0 saturated carbocycles. The van der Waals surface area contributed by atoms with E-state index in [-0.39, 0.29) is 0 Å². The second kappa shape index (κ2) is 7.06. The highest BCUT2D eigenvalue weighted by atomic mass is 28.3. The van der Waals surface area contributed by atoms with Crippen LogP contribution in [0.2, 0.25) is 13.1 Å². The summed E-state index contributed by atoms with van der Waals surface area (Å²) in [5.74, 6) is 0.399. The minimum atomic E-state index is -1.77. The van der Waals surface area contributed by atoms with Crippen LogP contribution in [0.15, 0.2) is 84.9 Å². The zero-order chi connectivity index (χ0) is 17.0. The third-order valence-corrected chi connectivity index (χ3v) is 9.11. The van der Waals surface area contributed by atoms with Gasteiger partial charge >= 0.3 is 0 Å². The Labute approximate surface area is 145 Å². The van der Waals surface area contributed by atoms with Crippen molar-refractivity contribution in [1.29, 1.82) is 0 Å². The molecule has 0 saturated heterocycles. The first-order chi connectivity index (χ1) is 11.6. The summed E-state index contributed by atoms with van der Waals surface area (Å²) in [5, 5.41) is 11.7. The van der Waals surface area contributed by atoms with E-state index in [1.165, 1.54) is 10.8 Å². The maximum atomic E-state index is 10.3. The number of phenols is 1. The second-order valence-electron chi connectivity index (χ2n) is 6.88. The molecule has 0 aliphatic heterocycles. The Bertz CT molecular complexity index is 781. The first kappa shape index (κ1) is 16.5. The highest BCUT2D eigenvalue weighted by Gasteiger charge is 2.35. The molecule has 0 amide bonds. The fraction of sp³-hybridized carbons (Fsp3) is 0.182. The van der Waals surface area contributed by atoms with E-state index in [1.54, 1.807) is 6.07 Å². The highest BCUT2D eigenvalue weighted by molar-refractivity contribution is 6.90. The number of hydrogen-bond acceptors (Lipinski definition) is 1. The Morgan fingerprint density at radius 3 is 1.92 bits per heavy atom. The standard InChI is InChI=1S/C22H24OSi/c1-24(2,20-14-7-4-8-15-20)22(18-11-5-3-6-12-18)17-19-13-9-10-16-21(19)23/h3-16,22-23H,17H2,1-2H3. The summed E-state index contributed by atoms with van der Waals surface area (Å²) in [6.07, 6.45) is 0.866. The van der Waals surface area contributed by atoms with Gasteiger partial charge in [-0.1, -0.05) is 97.1 Å². The van der Waals surface area contributed by atoms with Crippen molar-refractivity contribution in [2.45, 2.75) is 25.1 Å². The average Bonchev–Trinajstić information content (AvgIpc) is 2.62. The Morgan fingerprint density at radius 2 is 1.29 bits per heavy atom. The molecule has 24 heavy (non-hydrogen) atoms. The topological polar surface area (TPSA) is 20.2 Å². The molecule has 1 nitrogen and oxygen atoms in total. The van der Waals surface area contributed by atoms with Crippen LogP contribution in [0.1, 0.15) is 16.7 Å². The van der Waals surface area contributed by atoms with Gasteiger partial charge in [0.25, 0.3) is 0 Å². The van der Waals surface area contributed by atoms with E-state index < -0.39 is 8.07 Å². The predicted molar refractivity (Wildman–Crippen MR) is 105 cm³/mol. The monoisotopic (exact) mass is 332 g/mol. The fourth-order valence-electron chi connectivity index (χ4n) is 3.45. The Kier molecular flexibility index (Phi) is 4.86. The number of para-hydroxylation sites is 1. The maximum absolute atomic E-state index is 10.3. The molecular formula is C22H24OSi. The van der Waals surface area contributed by atoms with Crippen LogP contribution in [-0.4, -0.2) is 13.2 Å². The van der Waals surface area contributed by atoms with Crippen molar-refractivity contribution in [3.63, 3.8) is 0 Å². The molecule has 0 heterocycles. The van der Waals surface area contributed by atoms with Crippen molar-refractivity contribution >= 4 is 13.3 Å². The highest BCUT2D eigenvalue weighted by Crippen LogP contribution is 2.33. The summed E-state index contributed by atoms with van der Waals surface area (Å²) in [7, 11) is -1.77. The molecule has 122 valence electrons. The van der Waals surface area contributed by atoms with E-state index >= 15 is 0 Å². The molecule has 0 fully saturated rings. The van der Waals surface area contributed by atoms with Gasteiger partial charge in [-0.05, 0) is 29.2 Å². The van der Waals surface area contributed by atoms with Gasteiger partial charge in [-0.15, -0.1) is 0 Å². The molecule has 1 unspecified atom stereocenters. The molecule has 1 atom stereocenters. The molecule has 3 rings (SSSR count). The molecule has 0 spiro atoms. The van der Waals surface area contributed by atoms with Crippen molar-refractivity contribution in [3.8, 4) is 5.75 Å². The van der Waals surface area contributed by atoms with E-state index in [1.807, 2.05) is 18.2 Å². The Morgan fingerprint density at radius 1 is 0.750 bits per heavy atom. The average molecular weight is 333 g/mol. The molecule has 3 aromatic rings. The van der Waals surface area contributed by atoms with Crippen molar-refractivity contribution in [2.24, 2.45) is 0 Å². The number of phenolic OH excluding ortho intramolecular Hbond substituents is 1. The first-order valence-corrected chi connectivity index (χ1v) is 11.5. The molecule has 0 radical (unpaired) electrons. The predicted octanol–water partition coefficient (Wildman–Crippen LogP) is 4.87. The zero-order valence-corrected chi connectivity index (χ0v) is 15.3. The Hall–Kier alpha value is -2.32. The largest absolute Gasteiger partial charge is 0.508 e. The lowest BCUT2D eigenvalue weighted by Gasteiger charge is -2.34. The van der Waals surface area contributed by atoms with Crippen molar-refractivity contribution < 1.29 is 5.11 Å². The number of aromatic hydroxyl groups is 1. The molecule has 1 N–H and O–H groups in total. The number of hydrogen-bond donors (Lipinski definition) is 1. The molecule has 3 aromatic carbocycles. The van der Waals surface area contributed by atoms with Crippen LogP contribution in [-0.2, 0) is 6.42 Å². The van der Waals surface area contributed by atoms with Crippen LogP contribution >= 0.6 is 0 Å². The van der Waals surface area contributed by atoms with Crippen LogP contribution in [0.25, 0.3) is 0 Å². The van der Waals surface area contributed by atoms with Crippen LogP contribution in [0.4, 0.5) is 0 Å². The van der Waals surface area contributed by atoms with Crippen molar-refractivity contribution in [3.05, 3.63) is 96.1 Å². The smallest absolute Gasteiger partial charge is 0.118 e. The molecule has 2 heteroatoms. The molecule has 0 aliphatic carbocycles. The van der Waals surface area contributed by atoms with Gasteiger partial charge in [-0.2, -0.15) is 0 Å². The van der Waals surface area contributed by atoms with Crippen LogP contribution in [0, 0.1) is 0 Å².